The summed E-state index contributed by atoms with van der Waals surface area (Å²) in [4.78, 5) is 27.2. The average Bonchev–Trinajstić information content (AvgIpc) is 2.99. The van der Waals surface area contributed by atoms with Gasteiger partial charge in [0.2, 0.25) is 11.8 Å². The number of nitrogens with zero attached hydrogens (tertiary/aromatic N) is 1. The Morgan fingerprint density at radius 1 is 1.00 bits per heavy atom. The van der Waals surface area contributed by atoms with Crippen LogP contribution in [0.4, 0.5) is 11.4 Å². The number of fused-ring (bicyclic) bond motifs is 1. The molecule has 0 spiro atoms. The lowest BCUT2D eigenvalue weighted by Crippen LogP contribution is -2.47. The van der Waals surface area contributed by atoms with Gasteiger partial charge in [0, 0.05) is 17.9 Å². The minimum absolute atomic E-state index is 0.170. The Balaban J connectivity index is 1.79. The third kappa shape index (κ3) is 2.84. The van der Waals surface area contributed by atoms with Crippen molar-refractivity contribution in [2.75, 3.05) is 16.8 Å². The molecule has 0 unspecified atom stereocenters. The van der Waals surface area contributed by atoms with Gasteiger partial charge >= 0.3 is 0 Å². The highest BCUT2D eigenvalue weighted by atomic mass is 16.2. The van der Waals surface area contributed by atoms with E-state index >= 15 is 0 Å². The Bertz CT molecular complexity index is 738. The van der Waals surface area contributed by atoms with E-state index in [9.17, 15) is 9.59 Å². The van der Waals surface area contributed by atoms with Gasteiger partial charge in [-0.25, -0.2) is 0 Å². The van der Waals surface area contributed by atoms with Gasteiger partial charge in [-0.3, -0.25) is 9.59 Å². The molecule has 118 valence electrons. The number of para-hydroxylation sites is 2. The maximum Gasteiger partial charge on any atom is 0.242 e. The Kier molecular flexibility index (Phi) is 3.90. The van der Waals surface area contributed by atoms with Gasteiger partial charge in [-0.15, -0.1) is 0 Å². The summed E-state index contributed by atoms with van der Waals surface area (Å²) in [5, 5.41) is 2.82. The summed E-state index contributed by atoms with van der Waals surface area (Å²) in [6.07, 6.45) is 0.832. The number of hydrogen-bond donors (Lipinski definition) is 1. The van der Waals surface area contributed by atoms with Crippen LogP contribution in [0.2, 0.25) is 0 Å². The zero-order chi connectivity index (χ0) is 16.4. The smallest absolute Gasteiger partial charge is 0.242 e. The van der Waals surface area contributed by atoms with Crippen LogP contribution in [0.5, 0.6) is 0 Å². The van der Waals surface area contributed by atoms with E-state index in [1.165, 1.54) is 0 Å². The number of amides is 2. The molecule has 1 heterocycles. The maximum atomic E-state index is 12.9. The Labute approximate surface area is 136 Å². The first kappa shape index (κ1) is 15.3. The van der Waals surface area contributed by atoms with E-state index in [0.29, 0.717) is 12.2 Å². The fourth-order valence-electron chi connectivity index (χ4n) is 2.79. The highest BCUT2D eigenvalue weighted by molar-refractivity contribution is 6.15. The van der Waals surface area contributed by atoms with E-state index in [1.807, 2.05) is 54.6 Å². The lowest BCUT2D eigenvalue weighted by atomic mass is 9.90. The van der Waals surface area contributed by atoms with Crippen LogP contribution in [0, 0.1) is 5.41 Å². The molecule has 1 aliphatic rings. The fraction of sp³-hybridized carbons (Fsp3) is 0.263. The molecule has 1 aliphatic heterocycles. The number of carbonyl (C=O) groups is 2. The van der Waals surface area contributed by atoms with Crippen molar-refractivity contribution in [3.8, 4) is 0 Å². The van der Waals surface area contributed by atoms with Gasteiger partial charge in [-0.2, -0.15) is 0 Å². The summed E-state index contributed by atoms with van der Waals surface area (Å²) < 4.78 is 0. The largest absolute Gasteiger partial charge is 0.325 e. The number of anilines is 2. The van der Waals surface area contributed by atoms with Crippen molar-refractivity contribution < 1.29 is 9.59 Å². The maximum absolute atomic E-state index is 12.9. The molecule has 23 heavy (non-hydrogen) atoms. The Hall–Kier alpha value is -2.62. The molecule has 0 aliphatic carbocycles. The minimum atomic E-state index is -1.13. The van der Waals surface area contributed by atoms with Gasteiger partial charge in [0.15, 0.2) is 0 Å². The van der Waals surface area contributed by atoms with Gasteiger partial charge < -0.3 is 10.2 Å². The lowest BCUT2D eigenvalue weighted by molar-refractivity contribution is -0.136. The van der Waals surface area contributed by atoms with Gasteiger partial charge in [0.25, 0.3) is 0 Å². The van der Waals surface area contributed by atoms with Crippen molar-refractivity contribution in [3.05, 3.63) is 60.2 Å². The van der Waals surface area contributed by atoms with Gasteiger partial charge in [0.05, 0.1) is 0 Å². The number of hydrogen-bond acceptors (Lipinski definition) is 2. The summed E-state index contributed by atoms with van der Waals surface area (Å²) in [7, 11) is 0. The fourth-order valence-corrected chi connectivity index (χ4v) is 2.79. The van der Waals surface area contributed by atoms with Gasteiger partial charge in [-0.1, -0.05) is 36.4 Å². The zero-order valence-corrected chi connectivity index (χ0v) is 13.4. The molecule has 1 N–H and O–H groups in total. The second-order valence-electron chi connectivity index (χ2n) is 6.28. The van der Waals surface area contributed by atoms with Crippen LogP contribution in [-0.2, 0) is 16.0 Å². The predicted molar refractivity (Wildman–Crippen MR) is 91.4 cm³/mol. The second kappa shape index (κ2) is 5.88. The number of nitrogens with one attached hydrogen (secondary N) is 1. The molecule has 0 bridgehead atoms. The number of benzene rings is 2. The highest BCUT2D eigenvalue weighted by Crippen LogP contribution is 2.32. The van der Waals surface area contributed by atoms with Crippen LogP contribution in [0.15, 0.2) is 54.6 Å². The average molecular weight is 308 g/mol. The topological polar surface area (TPSA) is 49.4 Å². The molecule has 4 nitrogen and oxygen atoms in total. The van der Waals surface area contributed by atoms with E-state index in [4.69, 9.17) is 0 Å². The molecule has 0 fully saturated rings. The van der Waals surface area contributed by atoms with Crippen molar-refractivity contribution in [1.29, 1.82) is 0 Å². The van der Waals surface area contributed by atoms with Crippen molar-refractivity contribution in [2.45, 2.75) is 20.3 Å². The molecule has 2 aromatic carbocycles. The van der Waals surface area contributed by atoms with Crippen molar-refractivity contribution in [1.82, 2.24) is 0 Å². The molecule has 0 saturated heterocycles. The van der Waals surface area contributed by atoms with E-state index in [1.54, 1.807) is 18.7 Å². The molecular formula is C19H20N2O2. The van der Waals surface area contributed by atoms with Crippen molar-refractivity contribution in [2.24, 2.45) is 5.41 Å². The summed E-state index contributed by atoms with van der Waals surface area (Å²) in [6, 6.07) is 17.1. The van der Waals surface area contributed by atoms with E-state index in [0.717, 1.165) is 17.7 Å². The molecule has 0 atom stereocenters. The standard InChI is InChI=1S/C19H20N2O2/c1-19(2,17(22)20-15-9-4-3-5-10-15)18(23)21-13-12-14-8-6-7-11-16(14)21/h3-11H,12-13H2,1-2H3,(H,20,22). The zero-order valence-electron chi connectivity index (χ0n) is 13.4. The number of carbonyl (C=O) groups excluding carboxylic acids is 2. The van der Waals surface area contributed by atoms with Gasteiger partial charge in [-0.05, 0) is 44.0 Å². The van der Waals surface area contributed by atoms with E-state index in [2.05, 4.69) is 5.32 Å². The van der Waals surface area contributed by atoms with E-state index in [-0.39, 0.29) is 11.8 Å². The molecule has 2 amide bonds. The van der Waals surface area contributed by atoms with Crippen LogP contribution in [0.1, 0.15) is 19.4 Å². The van der Waals surface area contributed by atoms with Crippen LogP contribution in [0.3, 0.4) is 0 Å². The highest BCUT2D eigenvalue weighted by Gasteiger charge is 2.41. The van der Waals surface area contributed by atoms with E-state index < -0.39 is 5.41 Å². The van der Waals surface area contributed by atoms with Crippen LogP contribution in [-0.4, -0.2) is 18.4 Å². The first-order chi connectivity index (χ1) is 11.0. The molecule has 0 saturated carbocycles. The SMILES string of the molecule is CC(C)(C(=O)Nc1ccccc1)C(=O)N1CCc2ccccc21. The Morgan fingerprint density at radius 2 is 1.65 bits per heavy atom. The first-order valence-corrected chi connectivity index (χ1v) is 7.76. The third-order valence-corrected chi connectivity index (χ3v) is 4.27. The van der Waals surface area contributed by atoms with Crippen LogP contribution in [0.25, 0.3) is 0 Å². The summed E-state index contributed by atoms with van der Waals surface area (Å²) >= 11 is 0. The first-order valence-electron chi connectivity index (χ1n) is 7.76. The lowest BCUT2D eigenvalue weighted by Gasteiger charge is -2.28. The quantitative estimate of drug-likeness (QED) is 0.885. The predicted octanol–water partition coefficient (Wildman–Crippen LogP) is 3.24. The Morgan fingerprint density at radius 3 is 2.39 bits per heavy atom. The van der Waals surface area contributed by atoms with Crippen molar-refractivity contribution >= 4 is 23.2 Å². The molecule has 3 rings (SSSR count). The van der Waals surface area contributed by atoms with Gasteiger partial charge in [0.1, 0.15) is 5.41 Å². The monoisotopic (exact) mass is 308 g/mol. The molecule has 0 aromatic heterocycles. The summed E-state index contributed by atoms with van der Waals surface area (Å²) in [6.45, 7) is 3.98. The van der Waals surface area contributed by atoms with Crippen molar-refractivity contribution in [3.63, 3.8) is 0 Å². The third-order valence-electron chi connectivity index (χ3n) is 4.27. The normalized spacial score (nSPS) is 13.6. The number of rotatable bonds is 3. The minimum Gasteiger partial charge on any atom is -0.325 e. The van der Waals surface area contributed by atoms with Crippen LogP contribution >= 0.6 is 0 Å². The van der Waals surface area contributed by atoms with Crippen LogP contribution < -0.4 is 10.2 Å². The molecule has 4 heteroatoms. The second-order valence-corrected chi connectivity index (χ2v) is 6.28. The molecule has 2 aromatic rings. The molecular weight excluding hydrogens is 288 g/mol. The molecule has 0 radical (unpaired) electrons. The summed E-state index contributed by atoms with van der Waals surface area (Å²) in [5.74, 6) is -0.464. The summed E-state index contributed by atoms with van der Waals surface area (Å²) in [5.41, 5.74) is 1.63.